The zero-order valence-electron chi connectivity index (χ0n) is 9.42. The van der Waals surface area contributed by atoms with E-state index in [-0.39, 0.29) is 0 Å². The molecule has 0 unspecified atom stereocenters. The van der Waals surface area contributed by atoms with Gasteiger partial charge in [-0.15, -0.1) is 22.7 Å². The van der Waals surface area contributed by atoms with Gasteiger partial charge in [0, 0.05) is 18.5 Å². The van der Waals surface area contributed by atoms with Crippen molar-refractivity contribution in [3.8, 4) is 0 Å². The monoisotopic (exact) mass is 267 g/mol. The quantitative estimate of drug-likeness (QED) is 0.904. The Bertz CT molecular complexity index is 490. The molecular weight excluding hydrogens is 254 g/mol. The van der Waals surface area contributed by atoms with Gasteiger partial charge in [0.25, 0.3) is 0 Å². The summed E-state index contributed by atoms with van der Waals surface area (Å²) in [6, 6.07) is 7.69. The topological polar surface area (TPSA) is 40.5 Å². The molecular formula is C12H13NO2S2. The van der Waals surface area contributed by atoms with Crippen LogP contribution in [0, 0.1) is 0 Å². The van der Waals surface area contributed by atoms with Crippen LogP contribution in [0.25, 0.3) is 0 Å². The second kappa shape index (κ2) is 5.33. The molecule has 0 saturated carbocycles. The van der Waals surface area contributed by atoms with Crippen LogP contribution in [0.3, 0.4) is 0 Å². The highest BCUT2D eigenvalue weighted by molar-refractivity contribution is 7.17. The molecule has 0 aromatic carbocycles. The van der Waals surface area contributed by atoms with Crippen LogP contribution < -0.4 is 4.90 Å². The molecule has 0 bridgehead atoms. The molecule has 2 heterocycles. The van der Waals surface area contributed by atoms with Crippen LogP contribution >= 0.6 is 22.7 Å². The van der Waals surface area contributed by atoms with Crippen LogP contribution in [0.5, 0.6) is 0 Å². The number of thiophene rings is 2. The predicted molar refractivity (Wildman–Crippen MR) is 72.6 cm³/mol. The Morgan fingerprint density at radius 2 is 2.24 bits per heavy atom. The molecule has 0 atom stereocenters. The number of carboxylic acids is 1. The lowest BCUT2D eigenvalue weighted by Gasteiger charge is -2.16. The minimum Gasteiger partial charge on any atom is -0.477 e. The molecule has 2 rings (SSSR count). The number of hydrogen-bond donors (Lipinski definition) is 1. The van der Waals surface area contributed by atoms with Gasteiger partial charge < -0.3 is 10.0 Å². The first kappa shape index (κ1) is 12.1. The van der Waals surface area contributed by atoms with E-state index in [2.05, 4.69) is 16.3 Å². The summed E-state index contributed by atoms with van der Waals surface area (Å²) in [7, 11) is 1.99. The van der Waals surface area contributed by atoms with E-state index < -0.39 is 5.97 Å². The van der Waals surface area contributed by atoms with Crippen molar-refractivity contribution < 1.29 is 9.90 Å². The summed E-state index contributed by atoms with van der Waals surface area (Å²) < 4.78 is 0. The number of rotatable bonds is 5. The molecule has 5 heteroatoms. The van der Waals surface area contributed by atoms with Gasteiger partial charge >= 0.3 is 5.97 Å². The van der Waals surface area contributed by atoms with Crippen molar-refractivity contribution in [2.75, 3.05) is 18.5 Å². The summed E-state index contributed by atoms with van der Waals surface area (Å²) in [5.41, 5.74) is 0. The second-order valence-corrected chi connectivity index (χ2v) is 5.79. The highest BCUT2D eigenvalue weighted by atomic mass is 32.1. The molecule has 0 aliphatic rings. The fraction of sp³-hybridized carbons (Fsp3) is 0.250. The highest BCUT2D eigenvalue weighted by Gasteiger charge is 2.09. The first-order chi connectivity index (χ1) is 8.16. The SMILES string of the molecule is CN(CCc1cccs1)c1ccc(C(=O)O)s1. The lowest BCUT2D eigenvalue weighted by molar-refractivity contribution is 0.0702. The van der Waals surface area contributed by atoms with Gasteiger partial charge in [-0.3, -0.25) is 0 Å². The molecule has 3 nitrogen and oxygen atoms in total. The van der Waals surface area contributed by atoms with Crippen LogP contribution in [0.1, 0.15) is 14.5 Å². The Kier molecular flexibility index (Phi) is 3.81. The molecule has 90 valence electrons. The Hall–Kier alpha value is -1.33. The molecule has 1 N–H and O–H groups in total. The molecule has 0 aliphatic carbocycles. The van der Waals surface area contributed by atoms with Crippen molar-refractivity contribution in [2.24, 2.45) is 0 Å². The van der Waals surface area contributed by atoms with E-state index in [1.807, 2.05) is 19.2 Å². The van der Waals surface area contributed by atoms with Crippen molar-refractivity contribution in [1.82, 2.24) is 0 Å². The lowest BCUT2D eigenvalue weighted by atomic mass is 10.3. The number of carboxylic acid groups (broad SMARTS) is 1. The molecule has 0 spiro atoms. The fourth-order valence-electron chi connectivity index (χ4n) is 1.49. The maximum Gasteiger partial charge on any atom is 0.345 e. The summed E-state index contributed by atoms with van der Waals surface area (Å²) in [5.74, 6) is -0.854. The van der Waals surface area contributed by atoms with Crippen molar-refractivity contribution >= 4 is 33.6 Å². The van der Waals surface area contributed by atoms with Crippen LogP contribution in [0.2, 0.25) is 0 Å². The largest absolute Gasteiger partial charge is 0.477 e. The Balaban J connectivity index is 1.94. The van der Waals surface area contributed by atoms with E-state index in [0.717, 1.165) is 18.0 Å². The maximum atomic E-state index is 10.8. The van der Waals surface area contributed by atoms with E-state index in [9.17, 15) is 4.79 Å². The molecule has 0 saturated heterocycles. The fourth-order valence-corrected chi connectivity index (χ4v) is 3.02. The number of nitrogens with zero attached hydrogens (tertiary/aromatic N) is 1. The Morgan fingerprint density at radius 3 is 2.82 bits per heavy atom. The van der Waals surface area contributed by atoms with Gasteiger partial charge in [-0.2, -0.15) is 0 Å². The number of hydrogen-bond acceptors (Lipinski definition) is 4. The van der Waals surface area contributed by atoms with E-state index in [1.54, 1.807) is 17.4 Å². The zero-order chi connectivity index (χ0) is 12.3. The van der Waals surface area contributed by atoms with Crippen LogP contribution in [-0.4, -0.2) is 24.7 Å². The van der Waals surface area contributed by atoms with Crippen molar-refractivity contribution in [3.05, 3.63) is 39.4 Å². The molecule has 0 aliphatic heterocycles. The first-order valence-corrected chi connectivity index (χ1v) is 6.93. The van der Waals surface area contributed by atoms with Crippen LogP contribution in [-0.2, 0) is 6.42 Å². The van der Waals surface area contributed by atoms with Gasteiger partial charge in [-0.25, -0.2) is 4.79 Å². The summed E-state index contributed by atoms with van der Waals surface area (Å²) >= 11 is 3.07. The molecule has 2 aromatic rings. The van der Waals surface area contributed by atoms with Gasteiger partial charge in [-0.05, 0) is 30.0 Å². The van der Waals surface area contributed by atoms with Gasteiger partial charge in [0.05, 0.1) is 5.00 Å². The van der Waals surface area contributed by atoms with Crippen LogP contribution in [0.15, 0.2) is 29.6 Å². The molecule has 0 fully saturated rings. The Morgan fingerprint density at radius 1 is 1.41 bits per heavy atom. The minimum atomic E-state index is -0.854. The summed E-state index contributed by atoms with van der Waals surface area (Å²) in [6.07, 6.45) is 0.995. The summed E-state index contributed by atoms with van der Waals surface area (Å²) in [5, 5.41) is 11.9. The molecule has 2 aromatic heterocycles. The summed E-state index contributed by atoms with van der Waals surface area (Å²) in [6.45, 7) is 0.903. The number of carbonyl (C=O) groups is 1. The third-order valence-electron chi connectivity index (χ3n) is 2.45. The highest BCUT2D eigenvalue weighted by Crippen LogP contribution is 2.25. The third-order valence-corrected chi connectivity index (χ3v) is 4.58. The maximum absolute atomic E-state index is 10.8. The van der Waals surface area contributed by atoms with Gasteiger partial charge in [0.15, 0.2) is 0 Å². The van der Waals surface area contributed by atoms with Crippen molar-refractivity contribution in [1.29, 1.82) is 0 Å². The first-order valence-electron chi connectivity index (χ1n) is 5.23. The zero-order valence-corrected chi connectivity index (χ0v) is 11.1. The molecule has 17 heavy (non-hydrogen) atoms. The standard InChI is InChI=1S/C12H13NO2S2/c1-13(7-6-9-3-2-8-16-9)11-5-4-10(17-11)12(14)15/h2-5,8H,6-7H2,1H3,(H,14,15). The summed E-state index contributed by atoms with van der Waals surface area (Å²) in [4.78, 5) is 14.6. The van der Waals surface area contributed by atoms with E-state index >= 15 is 0 Å². The predicted octanol–water partition coefficient (Wildman–Crippen LogP) is 3.19. The number of aromatic carboxylic acids is 1. The van der Waals surface area contributed by atoms with Gasteiger partial charge in [-0.1, -0.05) is 6.07 Å². The average molecular weight is 267 g/mol. The van der Waals surface area contributed by atoms with E-state index in [1.165, 1.54) is 16.2 Å². The second-order valence-electron chi connectivity index (χ2n) is 3.69. The van der Waals surface area contributed by atoms with Crippen LogP contribution in [0.4, 0.5) is 5.00 Å². The van der Waals surface area contributed by atoms with E-state index in [0.29, 0.717) is 4.88 Å². The lowest BCUT2D eigenvalue weighted by Crippen LogP contribution is -2.18. The third kappa shape index (κ3) is 3.08. The Labute approximate surface area is 108 Å². The minimum absolute atomic E-state index is 0.392. The molecule has 0 radical (unpaired) electrons. The van der Waals surface area contributed by atoms with Crippen molar-refractivity contribution in [2.45, 2.75) is 6.42 Å². The average Bonchev–Trinajstić information content (AvgIpc) is 2.96. The van der Waals surface area contributed by atoms with Gasteiger partial charge in [0.2, 0.25) is 0 Å². The normalized spacial score (nSPS) is 10.4. The van der Waals surface area contributed by atoms with Crippen molar-refractivity contribution in [3.63, 3.8) is 0 Å². The van der Waals surface area contributed by atoms with E-state index in [4.69, 9.17) is 5.11 Å². The smallest absolute Gasteiger partial charge is 0.345 e. The molecule has 0 amide bonds. The number of anilines is 1. The van der Waals surface area contributed by atoms with Gasteiger partial charge in [0.1, 0.15) is 4.88 Å². The number of likely N-dealkylation sites (N-methyl/N-ethyl adjacent to an activating group) is 1.